The van der Waals surface area contributed by atoms with Gasteiger partial charge in [0.2, 0.25) is 0 Å². The van der Waals surface area contributed by atoms with Crippen molar-refractivity contribution in [2.45, 2.75) is 6.92 Å². The SMILES string of the molecule is Cc1ccsc1-c1cc(-c2ccc(Cl)cc2)no1. The van der Waals surface area contributed by atoms with Gasteiger partial charge >= 0.3 is 0 Å². The van der Waals surface area contributed by atoms with Gasteiger partial charge in [0.25, 0.3) is 0 Å². The summed E-state index contributed by atoms with van der Waals surface area (Å²) < 4.78 is 5.40. The van der Waals surface area contributed by atoms with Crippen molar-refractivity contribution in [3.8, 4) is 21.9 Å². The molecule has 4 heteroatoms. The fraction of sp³-hybridized carbons (Fsp3) is 0.0714. The quantitative estimate of drug-likeness (QED) is 0.655. The fourth-order valence-electron chi connectivity index (χ4n) is 1.76. The van der Waals surface area contributed by atoms with Gasteiger partial charge in [-0.2, -0.15) is 0 Å². The standard InChI is InChI=1S/C14H10ClNOS/c1-9-6-7-18-14(9)13-8-12(16-17-13)10-2-4-11(15)5-3-10/h2-8H,1H3. The maximum Gasteiger partial charge on any atom is 0.177 e. The molecule has 0 saturated heterocycles. The van der Waals surface area contributed by atoms with Crippen LogP contribution in [0.25, 0.3) is 21.9 Å². The first-order chi connectivity index (χ1) is 8.74. The normalized spacial score (nSPS) is 10.8. The van der Waals surface area contributed by atoms with Gasteiger partial charge in [-0.3, -0.25) is 0 Å². The predicted molar refractivity (Wildman–Crippen MR) is 75.0 cm³/mol. The Bertz CT molecular complexity index is 669. The van der Waals surface area contributed by atoms with Crippen LogP contribution in [-0.4, -0.2) is 5.16 Å². The molecular formula is C14H10ClNOS. The molecule has 18 heavy (non-hydrogen) atoms. The zero-order valence-electron chi connectivity index (χ0n) is 9.68. The molecule has 90 valence electrons. The van der Waals surface area contributed by atoms with Crippen molar-refractivity contribution in [1.29, 1.82) is 0 Å². The molecule has 0 atom stereocenters. The zero-order chi connectivity index (χ0) is 12.5. The van der Waals surface area contributed by atoms with Crippen LogP contribution >= 0.6 is 22.9 Å². The summed E-state index contributed by atoms with van der Waals surface area (Å²) in [5, 5.41) is 6.87. The van der Waals surface area contributed by atoms with Crippen molar-refractivity contribution in [3.05, 3.63) is 52.4 Å². The van der Waals surface area contributed by atoms with E-state index in [0.717, 1.165) is 26.9 Å². The molecule has 2 aromatic heterocycles. The van der Waals surface area contributed by atoms with Crippen molar-refractivity contribution in [1.82, 2.24) is 5.16 Å². The molecule has 0 radical (unpaired) electrons. The third kappa shape index (κ3) is 2.07. The molecule has 2 heterocycles. The highest BCUT2D eigenvalue weighted by molar-refractivity contribution is 7.13. The lowest BCUT2D eigenvalue weighted by molar-refractivity contribution is 0.435. The van der Waals surface area contributed by atoms with Crippen LogP contribution in [-0.2, 0) is 0 Å². The van der Waals surface area contributed by atoms with E-state index in [0.29, 0.717) is 0 Å². The summed E-state index contributed by atoms with van der Waals surface area (Å²) in [5.41, 5.74) is 3.04. The Balaban J connectivity index is 1.99. The average Bonchev–Trinajstić information content (AvgIpc) is 2.98. The maximum absolute atomic E-state index is 5.86. The summed E-state index contributed by atoms with van der Waals surface area (Å²) in [6.45, 7) is 2.07. The maximum atomic E-state index is 5.86. The van der Waals surface area contributed by atoms with Crippen molar-refractivity contribution in [2.24, 2.45) is 0 Å². The highest BCUT2D eigenvalue weighted by Gasteiger charge is 2.11. The minimum atomic E-state index is 0.719. The third-order valence-electron chi connectivity index (χ3n) is 2.74. The molecule has 0 saturated carbocycles. The van der Waals surface area contributed by atoms with E-state index in [1.54, 1.807) is 11.3 Å². The van der Waals surface area contributed by atoms with E-state index in [9.17, 15) is 0 Å². The second kappa shape index (κ2) is 4.59. The second-order valence-corrected chi connectivity index (χ2v) is 5.37. The van der Waals surface area contributed by atoms with Gasteiger partial charge in [-0.25, -0.2) is 0 Å². The van der Waals surface area contributed by atoms with Gasteiger partial charge in [0.1, 0.15) is 5.69 Å². The lowest BCUT2D eigenvalue weighted by atomic mass is 10.1. The third-order valence-corrected chi connectivity index (χ3v) is 4.02. The van der Waals surface area contributed by atoms with Crippen molar-refractivity contribution >= 4 is 22.9 Å². The molecule has 0 unspecified atom stereocenters. The highest BCUT2D eigenvalue weighted by Crippen LogP contribution is 2.32. The molecule has 0 aliphatic heterocycles. The molecule has 0 aliphatic carbocycles. The molecule has 2 nitrogen and oxygen atoms in total. The molecule has 0 bridgehead atoms. The summed E-state index contributed by atoms with van der Waals surface area (Å²) in [6.07, 6.45) is 0. The second-order valence-electron chi connectivity index (χ2n) is 4.02. The van der Waals surface area contributed by atoms with Gasteiger partial charge < -0.3 is 4.52 Å². The van der Waals surface area contributed by atoms with E-state index < -0.39 is 0 Å². The molecule has 0 N–H and O–H groups in total. The van der Waals surface area contributed by atoms with Gasteiger partial charge in [0.15, 0.2) is 5.76 Å². The Hall–Kier alpha value is -1.58. The van der Waals surface area contributed by atoms with Crippen LogP contribution in [0.5, 0.6) is 0 Å². The summed E-state index contributed by atoms with van der Waals surface area (Å²) in [6, 6.07) is 11.6. The first-order valence-corrected chi connectivity index (χ1v) is 6.77. The minimum absolute atomic E-state index is 0.719. The Morgan fingerprint density at radius 1 is 1.17 bits per heavy atom. The molecule has 0 spiro atoms. The molecule has 3 rings (SSSR count). The largest absolute Gasteiger partial charge is 0.355 e. The number of hydrogen-bond donors (Lipinski definition) is 0. The van der Waals surface area contributed by atoms with E-state index in [-0.39, 0.29) is 0 Å². The van der Waals surface area contributed by atoms with E-state index >= 15 is 0 Å². The molecule has 1 aromatic carbocycles. The first kappa shape index (κ1) is 11.5. The van der Waals surface area contributed by atoms with E-state index in [4.69, 9.17) is 16.1 Å². The summed E-state index contributed by atoms with van der Waals surface area (Å²) in [7, 11) is 0. The lowest BCUT2D eigenvalue weighted by Crippen LogP contribution is -1.75. The number of thiophene rings is 1. The van der Waals surface area contributed by atoms with E-state index in [2.05, 4.69) is 23.5 Å². The number of hydrogen-bond acceptors (Lipinski definition) is 3. The number of nitrogens with zero attached hydrogens (tertiary/aromatic N) is 1. The van der Waals surface area contributed by atoms with Crippen molar-refractivity contribution < 1.29 is 4.52 Å². The summed E-state index contributed by atoms with van der Waals surface area (Å²) in [4.78, 5) is 1.13. The Kier molecular flexibility index (Phi) is 2.94. The Morgan fingerprint density at radius 2 is 1.94 bits per heavy atom. The van der Waals surface area contributed by atoms with Gasteiger partial charge in [-0.1, -0.05) is 28.9 Å². The van der Waals surface area contributed by atoms with Crippen LogP contribution < -0.4 is 0 Å². The summed E-state index contributed by atoms with van der Waals surface area (Å²) in [5.74, 6) is 0.812. The van der Waals surface area contributed by atoms with E-state index in [1.165, 1.54) is 5.56 Å². The van der Waals surface area contributed by atoms with Crippen LogP contribution in [0.1, 0.15) is 5.56 Å². The van der Waals surface area contributed by atoms with Crippen LogP contribution in [0, 0.1) is 6.92 Å². The van der Waals surface area contributed by atoms with E-state index in [1.807, 2.05) is 30.3 Å². The highest BCUT2D eigenvalue weighted by atomic mass is 35.5. The average molecular weight is 276 g/mol. The fourth-order valence-corrected chi connectivity index (χ4v) is 2.76. The van der Waals surface area contributed by atoms with Crippen LogP contribution in [0.3, 0.4) is 0 Å². The van der Waals surface area contributed by atoms with Crippen molar-refractivity contribution in [2.75, 3.05) is 0 Å². The van der Waals surface area contributed by atoms with Crippen LogP contribution in [0.15, 0.2) is 46.3 Å². The lowest BCUT2D eigenvalue weighted by Gasteiger charge is -1.94. The monoisotopic (exact) mass is 275 g/mol. The van der Waals surface area contributed by atoms with Crippen molar-refractivity contribution in [3.63, 3.8) is 0 Å². The number of aromatic nitrogens is 1. The van der Waals surface area contributed by atoms with Gasteiger partial charge in [0.05, 0.1) is 4.88 Å². The van der Waals surface area contributed by atoms with Gasteiger partial charge in [-0.15, -0.1) is 11.3 Å². The molecule has 0 aliphatic rings. The number of benzene rings is 1. The Morgan fingerprint density at radius 3 is 2.61 bits per heavy atom. The number of aryl methyl sites for hydroxylation is 1. The van der Waals surface area contributed by atoms with Crippen LogP contribution in [0.4, 0.5) is 0 Å². The Labute approximate surface area is 114 Å². The smallest absolute Gasteiger partial charge is 0.177 e. The van der Waals surface area contributed by atoms with Gasteiger partial charge in [0, 0.05) is 16.7 Å². The number of halogens is 1. The predicted octanol–water partition coefficient (Wildman–Crippen LogP) is 5.03. The molecule has 0 fully saturated rings. The first-order valence-electron chi connectivity index (χ1n) is 5.51. The topological polar surface area (TPSA) is 26.0 Å². The van der Waals surface area contributed by atoms with Crippen LogP contribution in [0.2, 0.25) is 5.02 Å². The summed E-state index contributed by atoms with van der Waals surface area (Å²) >= 11 is 7.52. The molecular weight excluding hydrogens is 266 g/mol. The number of rotatable bonds is 2. The molecule has 0 amide bonds. The van der Waals surface area contributed by atoms with Gasteiger partial charge in [-0.05, 0) is 36.1 Å². The molecule has 3 aromatic rings. The zero-order valence-corrected chi connectivity index (χ0v) is 11.3. The minimum Gasteiger partial charge on any atom is -0.355 e.